The second-order valence-corrected chi connectivity index (χ2v) is 8.16. The molecular formula is C23H25N3O5S. The first-order chi connectivity index (χ1) is 15.3. The van der Waals surface area contributed by atoms with Crippen molar-refractivity contribution in [1.29, 1.82) is 0 Å². The highest BCUT2D eigenvalue weighted by molar-refractivity contribution is 7.18. The fourth-order valence-corrected chi connectivity index (χ4v) is 4.47. The third-order valence-corrected chi connectivity index (χ3v) is 6.09. The number of hydrogen-bond donors (Lipinski definition) is 1. The number of aryl methyl sites for hydroxylation is 1. The second kappa shape index (κ2) is 9.78. The van der Waals surface area contributed by atoms with Crippen LogP contribution in [0.1, 0.15) is 60.7 Å². The minimum absolute atomic E-state index is 0.156. The number of nitrogens with zero attached hydrogens (tertiary/aromatic N) is 2. The predicted molar refractivity (Wildman–Crippen MR) is 122 cm³/mol. The van der Waals surface area contributed by atoms with E-state index in [0.717, 1.165) is 17.0 Å². The molecule has 0 aliphatic carbocycles. The summed E-state index contributed by atoms with van der Waals surface area (Å²) in [7, 11) is 1.26. The van der Waals surface area contributed by atoms with Gasteiger partial charge in [-0.25, -0.2) is 14.3 Å². The highest BCUT2D eigenvalue weighted by atomic mass is 32.1. The van der Waals surface area contributed by atoms with Gasteiger partial charge in [-0.15, -0.1) is 11.3 Å². The van der Waals surface area contributed by atoms with Gasteiger partial charge in [0.2, 0.25) is 0 Å². The molecule has 0 bridgehead atoms. The molecule has 1 amide bonds. The molecule has 0 saturated heterocycles. The molecule has 0 fully saturated rings. The highest BCUT2D eigenvalue weighted by Crippen LogP contribution is 2.35. The smallest absolute Gasteiger partial charge is 0.348 e. The fourth-order valence-electron chi connectivity index (χ4n) is 3.36. The summed E-state index contributed by atoms with van der Waals surface area (Å²) in [6.45, 7) is 7.30. The van der Waals surface area contributed by atoms with Crippen LogP contribution >= 0.6 is 11.3 Å². The van der Waals surface area contributed by atoms with Gasteiger partial charge in [-0.2, -0.15) is 5.10 Å². The quantitative estimate of drug-likeness (QED) is 0.528. The van der Waals surface area contributed by atoms with Gasteiger partial charge < -0.3 is 14.8 Å². The standard InChI is InChI=1S/C23H25N3O5S/c1-6-12-31-22(28)17-13(2)19(23(29)30-5)32-21(17)24-20(27)18-14(3)25-26(15(18)4)16-10-8-7-9-11-16/h7-11H,6,12H2,1-5H3,(H,24,27). The van der Waals surface area contributed by atoms with E-state index in [1.165, 1.54) is 7.11 Å². The summed E-state index contributed by atoms with van der Waals surface area (Å²) in [6.07, 6.45) is 0.650. The van der Waals surface area contributed by atoms with Crippen molar-refractivity contribution >= 4 is 34.2 Å². The average molecular weight is 456 g/mol. The molecular weight excluding hydrogens is 430 g/mol. The second-order valence-electron chi connectivity index (χ2n) is 7.14. The van der Waals surface area contributed by atoms with Gasteiger partial charge >= 0.3 is 11.9 Å². The van der Waals surface area contributed by atoms with E-state index in [-0.39, 0.29) is 22.0 Å². The fraction of sp³-hybridized carbons (Fsp3) is 0.304. The maximum atomic E-state index is 13.2. The van der Waals surface area contributed by atoms with Crippen molar-refractivity contribution in [2.45, 2.75) is 34.1 Å². The van der Waals surface area contributed by atoms with Gasteiger partial charge in [-0.1, -0.05) is 25.1 Å². The molecule has 3 rings (SSSR count). The van der Waals surface area contributed by atoms with Crippen LogP contribution in [0.5, 0.6) is 0 Å². The SMILES string of the molecule is CCCOC(=O)c1c(NC(=O)c2c(C)nn(-c3ccccc3)c2C)sc(C(=O)OC)c1C. The van der Waals surface area contributed by atoms with Gasteiger partial charge in [-0.05, 0) is 44.9 Å². The Morgan fingerprint density at radius 2 is 1.75 bits per heavy atom. The van der Waals surface area contributed by atoms with Crippen LogP contribution in [-0.4, -0.2) is 41.3 Å². The lowest BCUT2D eigenvalue weighted by Gasteiger charge is -2.08. The van der Waals surface area contributed by atoms with Crippen LogP contribution in [-0.2, 0) is 9.47 Å². The average Bonchev–Trinajstić information content (AvgIpc) is 3.27. The number of para-hydroxylation sites is 1. The van der Waals surface area contributed by atoms with E-state index in [2.05, 4.69) is 10.4 Å². The summed E-state index contributed by atoms with van der Waals surface area (Å²) in [4.78, 5) is 38.3. The van der Waals surface area contributed by atoms with Crippen LogP contribution in [0.3, 0.4) is 0 Å². The molecule has 3 aromatic rings. The Bertz CT molecular complexity index is 1160. The van der Waals surface area contributed by atoms with Crippen molar-refractivity contribution in [2.24, 2.45) is 0 Å². The number of thiophene rings is 1. The molecule has 1 aromatic carbocycles. The molecule has 2 heterocycles. The molecule has 0 unspecified atom stereocenters. The van der Waals surface area contributed by atoms with Gasteiger partial charge in [0, 0.05) is 0 Å². The van der Waals surface area contributed by atoms with Gasteiger partial charge in [0.05, 0.1) is 41.9 Å². The van der Waals surface area contributed by atoms with Crippen molar-refractivity contribution in [2.75, 3.05) is 19.0 Å². The molecule has 2 aromatic heterocycles. The summed E-state index contributed by atoms with van der Waals surface area (Å²) < 4.78 is 11.8. The number of benzene rings is 1. The van der Waals surface area contributed by atoms with E-state index in [0.29, 0.717) is 28.9 Å². The molecule has 0 radical (unpaired) electrons. The first-order valence-corrected chi connectivity index (χ1v) is 10.9. The Hall–Kier alpha value is -3.46. The van der Waals surface area contributed by atoms with E-state index in [1.807, 2.05) is 37.3 Å². The van der Waals surface area contributed by atoms with E-state index in [9.17, 15) is 14.4 Å². The normalized spacial score (nSPS) is 10.7. The molecule has 0 spiro atoms. The number of carbonyl (C=O) groups excluding carboxylic acids is 3. The van der Waals surface area contributed by atoms with Gasteiger partial charge in [-0.3, -0.25) is 4.79 Å². The maximum Gasteiger partial charge on any atom is 0.348 e. The largest absolute Gasteiger partial charge is 0.465 e. The van der Waals surface area contributed by atoms with Crippen LogP contribution in [0.25, 0.3) is 5.69 Å². The molecule has 8 nitrogen and oxygen atoms in total. The first kappa shape index (κ1) is 23.2. The lowest BCUT2D eigenvalue weighted by Crippen LogP contribution is -2.16. The van der Waals surface area contributed by atoms with E-state index in [4.69, 9.17) is 9.47 Å². The van der Waals surface area contributed by atoms with Gasteiger partial charge in [0.1, 0.15) is 9.88 Å². The Morgan fingerprint density at radius 1 is 1.06 bits per heavy atom. The number of rotatable bonds is 7. The maximum absolute atomic E-state index is 13.2. The zero-order chi connectivity index (χ0) is 23.4. The number of esters is 2. The van der Waals surface area contributed by atoms with Crippen molar-refractivity contribution in [3.05, 3.63) is 63.3 Å². The molecule has 0 atom stereocenters. The first-order valence-electron chi connectivity index (χ1n) is 10.1. The number of amides is 1. The molecule has 32 heavy (non-hydrogen) atoms. The van der Waals surface area contributed by atoms with Crippen molar-refractivity contribution in [1.82, 2.24) is 9.78 Å². The minimum atomic E-state index is -0.598. The number of anilines is 1. The number of methoxy groups -OCH3 is 1. The van der Waals surface area contributed by atoms with E-state index in [1.54, 1.807) is 25.5 Å². The molecule has 0 aliphatic rings. The van der Waals surface area contributed by atoms with E-state index >= 15 is 0 Å². The number of carbonyl (C=O) groups is 3. The molecule has 0 aliphatic heterocycles. The summed E-state index contributed by atoms with van der Waals surface area (Å²) in [5, 5.41) is 7.52. The molecule has 0 saturated carbocycles. The lowest BCUT2D eigenvalue weighted by atomic mass is 10.1. The van der Waals surface area contributed by atoms with Crippen molar-refractivity contribution in [3.63, 3.8) is 0 Å². The summed E-state index contributed by atoms with van der Waals surface area (Å²) >= 11 is 0.984. The summed E-state index contributed by atoms with van der Waals surface area (Å²) in [6, 6.07) is 9.48. The molecule has 1 N–H and O–H groups in total. The number of aromatic nitrogens is 2. The number of ether oxygens (including phenoxy) is 2. The summed E-state index contributed by atoms with van der Waals surface area (Å²) in [5.41, 5.74) is 2.99. The Labute approximate surface area is 190 Å². The number of hydrogen-bond acceptors (Lipinski definition) is 7. The molecule has 9 heteroatoms. The topological polar surface area (TPSA) is 99.5 Å². The third-order valence-electron chi connectivity index (χ3n) is 4.91. The van der Waals surface area contributed by atoms with Crippen LogP contribution in [0.2, 0.25) is 0 Å². The van der Waals surface area contributed by atoms with E-state index < -0.39 is 17.8 Å². The monoisotopic (exact) mass is 455 g/mol. The lowest BCUT2D eigenvalue weighted by molar-refractivity contribution is 0.0506. The Balaban J connectivity index is 2.00. The zero-order valence-corrected chi connectivity index (χ0v) is 19.5. The minimum Gasteiger partial charge on any atom is -0.465 e. The van der Waals surface area contributed by atoms with Crippen molar-refractivity contribution < 1.29 is 23.9 Å². The van der Waals surface area contributed by atoms with Crippen LogP contribution in [0, 0.1) is 20.8 Å². The third kappa shape index (κ3) is 4.43. The van der Waals surface area contributed by atoms with Gasteiger partial charge in [0.25, 0.3) is 5.91 Å². The number of nitrogens with one attached hydrogen (secondary N) is 1. The predicted octanol–water partition coefficient (Wildman–Crippen LogP) is 4.46. The van der Waals surface area contributed by atoms with Gasteiger partial charge in [0.15, 0.2) is 0 Å². The van der Waals surface area contributed by atoms with Crippen LogP contribution in [0.15, 0.2) is 30.3 Å². The summed E-state index contributed by atoms with van der Waals surface area (Å²) in [5.74, 6) is -1.61. The Kier molecular flexibility index (Phi) is 7.09. The van der Waals surface area contributed by atoms with Crippen LogP contribution < -0.4 is 5.32 Å². The zero-order valence-electron chi connectivity index (χ0n) is 18.6. The van der Waals surface area contributed by atoms with Crippen LogP contribution in [0.4, 0.5) is 5.00 Å². The molecule has 168 valence electrons. The van der Waals surface area contributed by atoms with Crippen molar-refractivity contribution in [3.8, 4) is 5.69 Å². The Morgan fingerprint density at radius 3 is 2.38 bits per heavy atom. The highest BCUT2D eigenvalue weighted by Gasteiger charge is 2.28.